The van der Waals surface area contributed by atoms with Crippen LogP contribution in [0.4, 0.5) is 0 Å². The lowest BCUT2D eigenvalue weighted by molar-refractivity contribution is -0.136. The molecule has 0 bridgehead atoms. The van der Waals surface area contributed by atoms with E-state index in [1.807, 2.05) is 0 Å². The van der Waals surface area contributed by atoms with Crippen molar-refractivity contribution in [3.05, 3.63) is 64.7 Å². The van der Waals surface area contributed by atoms with Crippen LogP contribution in [0, 0.1) is 0 Å². The summed E-state index contributed by atoms with van der Waals surface area (Å²) >= 11 is 5.80. The number of esters is 1. The highest BCUT2D eigenvalue weighted by atomic mass is 35.5. The second-order valence-electron chi connectivity index (χ2n) is 4.03. The minimum absolute atomic E-state index is 0.00113. The van der Waals surface area contributed by atoms with E-state index in [-0.39, 0.29) is 11.5 Å². The van der Waals surface area contributed by atoms with Crippen molar-refractivity contribution < 1.29 is 18.7 Å². The minimum Gasteiger partial charge on any atom is -0.464 e. The molecule has 0 radical (unpaired) electrons. The van der Waals surface area contributed by atoms with Gasteiger partial charge in [-0.2, -0.15) is 0 Å². The van der Waals surface area contributed by atoms with Crippen molar-refractivity contribution in [1.29, 1.82) is 0 Å². The monoisotopic (exact) mass is 305 g/mol. The van der Waals surface area contributed by atoms with E-state index < -0.39 is 11.9 Å². The van der Waals surface area contributed by atoms with Gasteiger partial charge in [0, 0.05) is 5.02 Å². The van der Waals surface area contributed by atoms with Gasteiger partial charge < -0.3 is 14.5 Å². The smallest absolute Gasteiger partial charge is 0.354 e. The first-order valence-corrected chi connectivity index (χ1v) is 6.38. The van der Waals surface area contributed by atoms with Gasteiger partial charge in [-0.15, -0.1) is 0 Å². The number of ether oxygens (including phenoxy) is 1. The molecule has 1 heterocycles. The summed E-state index contributed by atoms with van der Waals surface area (Å²) in [6.45, 7) is 0. The van der Waals surface area contributed by atoms with Crippen molar-refractivity contribution in [2.24, 2.45) is 0 Å². The number of halogens is 1. The van der Waals surface area contributed by atoms with Gasteiger partial charge in [0.25, 0.3) is 5.91 Å². The number of hydrogen-bond donors (Lipinski definition) is 1. The molecule has 1 N–H and O–H groups in total. The van der Waals surface area contributed by atoms with Crippen LogP contribution >= 0.6 is 11.6 Å². The predicted octanol–water partition coefficient (Wildman–Crippen LogP) is 2.88. The summed E-state index contributed by atoms with van der Waals surface area (Å²) in [5.74, 6) is -1.10. The Morgan fingerprint density at radius 2 is 1.95 bits per heavy atom. The first-order valence-electron chi connectivity index (χ1n) is 6.00. The van der Waals surface area contributed by atoms with Crippen LogP contribution < -0.4 is 5.32 Å². The molecule has 5 nitrogen and oxygen atoms in total. The molecule has 0 saturated carbocycles. The molecule has 0 aliphatic rings. The highest BCUT2D eigenvalue weighted by Crippen LogP contribution is 2.13. The third-order valence-corrected chi connectivity index (χ3v) is 2.83. The number of furan rings is 1. The summed E-state index contributed by atoms with van der Waals surface area (Å²) in [5.41, 5.74) is 0.695. The average molecular weight is 306 g/mol. The number of benzene rings is 1. The van der Waals surface area contributed by atoms with Gasteiger partial charge in [0.2, 0.25) is 0 Å². The third kappa shape index (κ3) is 3.97. The molecular weight excluding hydrogens is 294 g/mol. The Labute approximate surface area is 126 Å². The quantitative estimate of drug-likeness (QED) is 0.696. The van der Waals surface area contributed by atoms with Gasteiger partial charge in [0.1, 0.15) is 5.70 Å². The van der Waals surface area contributed by atoms with Crippen LogP contribution in [0.5, 0.6) is 0 Å². The van der Waals surface area contributed by atoms with E-state index in [0.717, 1.165) is 0 Å². The second-order valence-corrected chi connectivity index (χ2v) is 4.47. The summed E-state index contributed by atoms with van der Waals surface area (Å²) in [5, 5.41) is 3.03. The van der Waals surface area contributed by atoms with Crippen LogP contribution in [0.15, 0.2) is 52.8 Å². The van der Waals surface area contributed by atoms with E-state index in [0.29, 0.717) is 10.6 Å². The van der Waals surface area contributed by atoms with Gasteiger partial charge in [-0.25, -0.2) is 4.79 Å². The number of carbonyl (C=O) groups is 2. The molecule has 0 spiro atoms. The fourth-order valence-electron chi connectivity index (χ4n) is 1.57. The lowest BCUT2D eigenvalue weighted by Crippen LogP contribution is -2.27. The van der Waals surface area contributed by atoms with Crippen LogP contribution in [0.3, 0.4) is 0 Å². The molecule has 6 heteroatoms. The molecule has 0 saturated heterocycles. The molecule has 21 heavy (non-hydrogen) atoms. The van der Waals surface area contributed by atoms with Crippen molar-refractivity contribution in [2.75, 3.05) is 7.11 Å². The lowest BCUT2D eigenvalue weighted by Gasteiger charge is -2.07. The minimum atomic E-state index is -0.662. The topological polar surface area (TPSA) is 68.5 Å². The molecule has 2 rings (SSSR count). The number of rotatable bonds is 4. The van der Waals surface area contributed by atoms with Crippen molar-refractivity contribution in [3.8, 4) is 0 Å². The Bertz CT molecular complexity index is 659. The molecule has 0 atom stereocenters. The number of amides is 1. The molecule has 1 aromatic carbocycles. The van der Waals surface area contributed by atoms with E-state index >= 15 is 0 Å². The van der Waals surface area contributed by atoms with Gasteiger partial charge >= 0.3 is 5.97 Å². The summed E-state index contributed by atoms with van der Waals surface area (Å²) in [6.07, 6.45) is 2.86. The van der Waals surface area contributed by atoms with Crippen molar-refractivity contribution >= 4 is 29.6 Å². The molecule has 108 valence electrons. The van der Waals surface area contributed by atoms with Gasteiger partial charge in [-0.05, 0) is 35.9 Å². The highest BCUT2D eigenvalue weighted by Gasteiger charge is 2.16. The summed E-state index contributed by atoms with van der Waals surface area (Å²) in [4.78, 5) is 23.6. The van der Waals surface area contributed by atoms with Gasteiger partial charge in [0.05, 0.1) is 13.4 Å². The van der Waals surface area contributed by atoms with Crippen LogP contribution in [-0.4, -0.2) is 19.0 Å². The van der Waals surface area contributed by atoms with Gasteiger partial charge in [0.15, 0.2) is 5.76 Å². The zero-order valence-corrected chi connectivity index (χ0v) is 11.9. The Hall–Kier alpha value is -2.53. The van der Waals surface area contributed by atoms with E-state index in [1.54, 1.807) is 30.3 Å². The number of carbonyl (C=O) groups excluding carboxylic acids is 2. The zero-order valence-electron chi connectivity index (χ0n) is 11.1. The fraction of sp³-hybridized carbons (Fsp3) is 0.0667. The Morgan fingerprint density at radius 1 is 1.24 bits per heavy atom. The molecule has 0 unspecified atom stereocenters. The number of hydrogen-bond acceptors (Lipinski definition) is 4. The Kier molecular flexibility index (Phi) is 4.79. The van der Waals surface area contributed by atoms with E-state index in [9.17, 15) is 9.59 Å². The molecular formula is C15H12ClNO4. The first kappa shape index (κ1) is 14.9. The second kappa shape index (κ2) is 6.76. The zero-order chi connectivity index (χ0) is 15.2. The van der Waals surface area contributed by atoms with E-state index in [1.165, 1.54) is 25.5 Å². The molecule has 1 amide bonds. The molecule has 0 fully saturated rings. The Morgan fingerprint density at radius 3 is 2.52 bits per heavy atom. The van der Waals surface area contributed by atoms with Crippen molar-refractivity contribution in [3.63, 3.8) is 0 Å². The molecule has 0 aliphatic carbocycles. The maximum Gasteiger partial charge on any atom is 0.354 e. The average Bonchev–Trinajstić information content (AvgIpc) is 3.02. The first-order chi connectivity index (χ1) is 10.1. The highest BCUT2D eigenvalue weighted by molar-refractivity contribution is 6.30. The fourth-order valence-corrected chi connectivity index (χ4v) is 1.70. The predicted molar refractivity (Wildman–Crippen MR) is 77.6 cm³/mol. The molecule has 1 aromatic heterocycles. The standard InChI is InChI=1S/C15H12ClNO4/c1-20-15(19)12(9-10-4-6-11(16)7-5-10)17-14(18)13-3-2-8-21-13/h2-9H,1H3,(H,17,18)/b12-9+. The molecule has 2 aromatic rings. The summed E-state index contributed by atoms with van der Waals surface area (Å²) < 4.78 is 9.61. The van der Waals surface area contributed by atoms with Crippen molar-refractivity contribution in [2.45, 2.75) is 0 Å². The van der Waals surface area contributed by atoms with Crippen LogP contribution in [0.1, 0.15) is 16.1 Å². The number of methoxy groups -OCH3 is 1. The van der Waals surface area contributed by atoms with E-state index in [4.69, 9.17) is 16.0 Å². The normalized spacial score (nSPS) is 11.0. The number of nitrogens with one attached hydrogen (secondary N) is 1. The van der Waals surface area contributed by atoms with Gasteiger partial charge in [-0.3, -0.25) is 4.79 Å². The van der Waals surface area contributed by atoms with Gasteiger partial charge in [-0.1, -0.05) is 23.7 Å². The van der Waals surface area contributed by atoms with E-state index in [2.05, 4.69) is 10.1 Å². The van der Waals surface area contributed by atoms with Crippen LogP contribution in [-0.2, 0) is 9.53 Å². The van der Waals surface area contributed by atoms with Crippen LogP contribution in [0.2, 0.25) is 5.02 Å². The third-order valence-electron chi connectivity index (χ3n) is 2.58. The maximum absolute atomic E-state index is 11.9. The maximum atomic E-state index is 11.9. The lowest BCUT2D eigenvalue weighted by atomic mass is 10.2. The van der Waals surface area contributed by atoms with Crippen molar-refractivity contribution in [1.82, 2.24) is 5.32 Å². The van der Waals surface area contributed by atoms with Crippen LogP contribution in [0.25, 0.3) is 6.08 Å². The summed E-state index contributed by atoms with van der Waals surface area (Å²) in [7, 11) is 1.23. The SMILES string of the molecule is COC(=O)/C(=C\c1ccc(Cl)cc1)NC(=O)c1ccco1. The molecule has 0 aliphatic heterocycles. The Balaban J connectivity index is 2.24. The summed E-state index contributed by atoms with van der Waals surface area (Å²) in [6, 6.07) is 9.85. The largest absolute Gasteiger partial charge is 0.464 e.